The van der Waals surface area contributed by atoms with Crippen molar-refractivity contribution in [2.45, 2.75) is 0 Å². The van der Waals surface area contributed by atoms with E-state index in [-0.39, 0.29) is 6.71 Å². The van der Waals surface area contributed by atoms with E-state index in [0.717, 1.165) is 72.8 Å². The fourth-order valence-electron chi connectivity index (χ4n) is 10.6. The molecule has 2 aromatic heterocycles. The lowest BCUT2D eigenvalue weighted by Crippen LogP contribution is -2.75. The molecule has 62 heavy (non-hydrogen) atoms. The molecule has 13 rings (SSSR count). The Hall–Kier alpha value is -7.80. The minimum absolute atomic E-state index is 0.178. The summed E-state index contributed by atoms with van der Waals surface area (Å²) in [5, 5.41) is 8.62. The van der Waals surface area contributed by atoms with Crippen LogP contribution >= 0.6 is 0 Å². The molecule has 290 valence electrons. The van der Waals surface area contributed by atoms with Crippen LogP contribution in [0.2, 0.25) is 0 Å². The summed E-state index contributed by atoms with van der Waals surface area (Å²) in [6.45, 7) is -0.178. The highest BCUT2D eigenvalue weighted by Crippen LogP contribution is 2.41. The molecule has 0 radical (unpaired) electrons. The van der Waals surface area contributed by atoms with Crippen LogP contribution in [0.15, 0.2) is 224 Å². The summed E-state index contributed by atoms with van der Waals surface area (Å²) in [6.07, 6.45) is 0. The van der Waals surface area contributed by atoms with Crippen LogP contribution in [0.1, 0.15) is 0 Å². The van der Waals surface area contributed by atoms with Crippen LogP contribution in [0.3, 0.4) is 0 Å². The molecule has 6 heteroatoms. The van der Waals surface area contributed by atoms with Crippen molar-refractivity contribution in [2.75, 3.05) is 0 Å². The van der Waals surface area contributed by atoms with Crippen molar-refractivity contribution >= 4 is 84.8 Å². The number of nitrogens with zero attached hydrogens (tertiary/aromatic N) is 2. The highest BCUT2D eigenvalue weighted by molar-refractivity contribution is 7.20. The third-order valence-electron chi connectivity index (χ3n) is 13.2. The third-order valence-corrected chi connectivity index (χ3v) is 17.9. The first-order chi connectivity index (χ1) is 30.8. The van der Waals surface area contributed by atoms with E-state index in [2.05, 4.69) is 234 Å². The summed E-state index contributed by atoms with van der Waals surface area (Å²) in [4.78, 5) is 0. The zero-order valence-electron chi connectivity index (χ0n) is 33.7. The van der Waals surface area contributed by atoms with Gasteiger partial charge in [-0.25, -0.2) is 0 Å². The van der Waals surface area contributed by atoms with Crippen molar-refractivity contribution in [3.8, 4) is 34.4 Å². The summed E-state index contributed by atoms with van der Waals surface area (Å²) >= 11 is 0. The van der Waals surface area contributed by atoms with Crippen LogP contribution in [-0.4, -0.2) is 23.9 Å². The smallest absolute Gasteiger partial charge is 0.281 e. The maximum atomic E-state index is 7.39. The van der Waals surface area contributed by atoms with E-state index in [1.165, 1.54) is 31.5 Å². The highest BCUT2D eigenvalue weighted by atomic mass is 28.3. The summed E-state index contributed by atoms with van der Waals surface area (Å²) < 4.78 is 19.6. The normalized spacial score (nSPS) is 12.7. The molecule has 11 aromatic rings. The van der Waals surface area contributed by atoms with Gasteiger partial charge in [-0.2, -0.15) is 0 Å². The van der Waals surface area contributed by atoms with Crippen molar-refractivity contribution in [3.05, 3.63) is 224 Å². The van der Waals surface area contributed by atoms with Gasteiger partial charge in [0.1, 0.15) is 23.0 Å². The topological polar surface area (TPSA) is 28.3 Å². The van der Waals surface area contributed by atoms with Gasteiger partial charge in [0.2, 0.25) is 0 Å². The standard InChI is InChI=1S/C56H37BN2O2Si/c1-5-19-38(20-6-1)59-50-32-18-15-29-46(50)55-56(59)57-47-34-33-39(58-48-30-16-13-27-44(48)45-28-14-17-31-49(45)58)35-51(47)60-52-36-43(37-53(61-55)54(52)57)62(40-21-7-2-8-22-40,41-23-9-3-10-24-41)42-25-11-4-12-26-42/h1-37H. The molecule has 0 atom stereocenters. The van der Waals surface area contributed by atoms with Crippen LogP contribution in [0.5, 0.6) is 23.0 Å². The first kappa shape index (κ1) is 35.0. The van der Waals surface area contributed by atoms with Crippen molar-refractivity contribution in [3.63, 3.8) is 0 Å². The number of benzene rings is 9. The molecule has 0 aliphatic carbocycles. The minimum Gasteiger partial charge on any atom is -0.458 e. The molecule has 2 aliphatic rings. The van der Waals surface area contributed by atoms with Crippen molar-refractivity contribution in [1.29, 1.82) is 0 Å². The Bertz CT molecular complexity index is 3380. The van der Waals surface area contributed by atoms with Crippen LogP contribution < -0.4 is 46.7 Å². The number of aromatic nitrogens is 2. The van der Waals surface area contributed by atoms with E-state index in [1.54, 1.807) is 0 Å². The summed E-state index contributed by atoms with van der Waals surface area (Å²) in [6, 6.07) is 81.4. The van der Waals surface area contributed by atoms with Crippen molar-refractivity contribution < 1.29 is 9.47 Å². The van der Waals surface area contributed by atoms with Crippen LogP contribution in [0, 0.1) is 0 Å². The minimum atomic E-state index is -2.97. The Morgan fingerprint density at radius 1 is 0.355 bits per heavy atom. The predicted octanol–water partition coefficient (Wildman–Crippen LogP) is 8.83. The molecule has 4 heterocycles. The second-order valence-corrected chi connectivity index (χ2v) is 20.2. The fraction of sp³-hybridized carbons (Fsp3) is 0. The second-order valence-electron chi connectivity index (χ2n) is 16.4. The van der Waals surface area contributed by atoms with Crippen molar-refractivity contribution in [1.82, 2.24) is 9.13 Å². The lowest BCUT2D eigenvalue weighted by atomic mass is 9.36. The van der Waals surface area contributed by atoms with Gasteiger partial charge in [-0.05, 0) is 80.8 Å². The average Bonchev–Trinajstić information content (AvgIpc) is 3.86. The van der Waals surface area contributed by atoms with E-state index >= 15 is 0 Å². The lowest BCUT2D eigenvalue weighted by molar-refractivity contribution is 0.467. The lowest BCUT2D eigenvalue weighted by Gasteiger charge is -2.38. The maximum Gasteiger partial charge on any atom is 0.281 e. The molecular weight excluding hydrogens is 772 g/mol. The third kappa shape index (κ3) is 4.95. The quantitative estimate of drug-likeness (QED) is 0.124. The number of hydrogen-bond acceptors (Lipinski definition) is 2. The van der Waals surface area contributed by atoms with Gasteiger partial charge in [-0.15, -0.1) is 0 Å². The number of para-hydroxylation sites is 4. The largest absolute Gasteiger partial charge is 0.458 e. The summed E-state index contributed by atoms with van der Waals surface area (Å²) in [7, 11) is -2.97. The van der Waals surface area contributed by atoms with Crippen LogP contribution in [0.25, 0.3) is 44.1 Å². The molecule has 0 saturated carbocycles. The molecule has 9 aromatic carbocycles. The Morgan fingerprint density at radius 2 is 0.823 bits per heavy atom. The number of rotatable bonds is 6. The Kier molecular flexibility index (Phi) is 7.69. The first-order valence-corrected chi connectivity index (χ1v) is 23.3. The van der Waals surface area contributed by atoms with Gasteiger partial charge >= 0.3 is 0 Å². The monoisotopic (exact) mass is 808 g/mol. The predicted molar refractivity (Wildman–Crippen MR) is 259 cm³/mol. The van der Waals surface area contributed by atoms with E-state index in [0.29, 0.717) is 0 Å². The highest BCUT2D eigenvalue weighted by Gasteiger charge is 2.48. The summed E-state index contributed by atoms with van der Waals surface area (Å²) in [5.74, 6) is 3.39. The zero-order valence-corrected chi connectivity index (χ0v) is 34.7. The summed E-state index contributed by atoms with van der Waals surface area (Å²) in [5.41, 5.74) is 8.84. The molecule has 0 spiro atoms. The number of fused-ring (bicyclic) bond motifs is 9. The molecule has 0 bridgehead atoms. The van der Waals surface area contributed by atoms with Crippen molar-refractivity contribution in [2.24, 2.45) is 0 Å². The molecule has 2 aliphatic heterocycles. The van der Waals surface area contributed by atoms with Gasteiger partial charge in [-0.3, -0.25) is 0 Å². The molecule has 0 saturated heterocycles. The number of ether oxygens (including phenoxy) is 2. The molecule has 0 amide bonds. The molecular formula is C56H37BN2O2Si. The second kappa shape index (κ2) is 13.6. The van der Waals surface area contributed by atoms with Gasteiger partial charge < -0.3 is 18.6 Å². The van der Waals surface area contributed by atoms with Crippen LogP contribution in [-0.2, 0) is 0 Å². The maximum absolute atomic E-state index is 7.39. The van der Waals surface area contributed by atoms with Gasteiger partial charge in [0.15, 0.2) is 8.07 Å². The number of hydrogen-bond donors (Lipinski definition) is 0. The zero-order chi connectivity index (χ0) is 40.8. The average molecular weight is 809 g/mol. The SMILES string of the molecule is c1ccc(-n2c3c(c4ccccc42)Oc2cc([Si](c4ccccc4)(c4ccccc4)c4ccccc4)cc4c2B3c2ccc(-n3c5ccccc5c5ccccc53)cc2O4)cc1. The van der Waals surface area contributed by atoms with Gasteiger partial charge in [0.05, 0.1) is 16.6 Å². The Balaban J connectivity index is 1.13. The Morgan fingerprint density at radius 3 is 1.39 bits per heavy atom. The van der Waals surface area contributed by atoms with E-state index in [4.69, 9.17) is 9.47 Å². The van der Waals surface area contributed by atoms with E-state index in [1.807, 2.05) is 0 Å². The fourth-order valence-corrected chi connectivity index (χ4v) is 15.4. The van der Waals surface area contributed by atoms with Crippen LogP contribution in [0.4, 0.5) is 0 Å². The van der Waals surface area contributed by atoms with E-state index < -0.39 is 8.07 Å². The molecule has 0 N–H and O–H groups in total. The first-order valence-electron chi connectivity index (χ1n) is 21.3. The molecule has 0 unspecified atom stereocenters. The molecule has 0 fully saturated rings. The molecule has 4 nitrogen and oxygen atoms in total. The van der Waals surface area contributed by atoms with Gasteiger partial charge in [0.25, 0.3) is 6.71 Å². The van der Waals surface area contributed by atoms with Gasteiger partial charge in [0, 0.05) is 44.7 Å². The van der Waals surface area contributed by atoms with Gasteiger partial charge in [-0.1, -0.05) is 164 Å². The van der Waals surface area contributed by atoms with E-state index in [9.17, 15) is 0 Å². The Labute approximate surface area is 360 Å².